The summed E-state index contributed by atoms with van der Waals surface area (Å²) in [5, 5.41) is 11.5. The Morgan fingerprint density at radius 3 is 2.59 bits per heavy atom. The van der Waals surface area contributed by atoms with Crippen LogP contribution in [0, 0.1) is 6.92 Å². The van der Waals surface area contributed by atoms with E-state index in [1.165, 1.54) is 5.69 Å². The van der Waals surface area contributed by atoms with Crippen molar-refractivity contribution in [2.45, 2.75) is 20.0 Å². The van der Waals surface area contributed by atoms with E-state index in [2.05, 4.69) is 36.0 Å². The highest BCUT2D eigenvalue weighted by molar-refractivity contribution is 14.0. The molecule has 0 fully saturated rings. The van der Waals surface area contributed by atoms with Gasteiger partial charge in [0.15, 0.2) is 11.8 Å². The third-order valence-electron chi connectivity index (χ3n) is 3.61. The van der Waals surface area contributed by atoms with Crippen molar-refractivity contribution in [2.75, 3.05) is 14.1 Å². The molecule has 2 heterocycles. The predicted molar refractivity (Wildman–Crippen MR) is 98.2 cm³/mol. The second-order valence-electron chi connectivity index (χ2n) is 5.09. The quantitative estimate of drug-likeness (QED) is 0.463. The Bertz CT molecular complexity index is 629. The van der Waals surface area contributed by atoms with Gasteiger partial charge in [-0.15, -0.1) is 34.2 Å². The summed E-state index contributed by atoms with van der Waals surface area (Å²) in [6.45, 7) is 3.33. The summed E-state index contributed by atoms with van der Waals surface area (Å²) in [4.78, 5) is 6.40. The molecule has 0 saturated heterocycles. The molecule has 2 aromatic heterocycles. The van der Waals surface area contributed by atoms with Crippen molar-refractivity contribution in [3.05, 3.63) is 35.7 Å². The maximum atomic E-state index is 4.31. The van der Waals surface area contributed by atoms with E-state index in [1.807, 2.05) is 44.9 Å². The molecule has 0 spiro atoms. The third-order valence-corrected chi connectivity index (χ3v) is 3.61. The van der Waals surface area contributed by atoms with E-state index >= 15 is 0 Å². The summed E-state index contributed by atoms with van der Waals surface area (Å²) < 4.78 is 4.08. The molecule has 0 amide bonds. The van der Waals surface area contributed by atoms with E-state index in [1.54, 1.807) is 7.05 Å². The Balaban J connectivity index is 0.00000242. The summed E-state index contributed by atoms with van der Waals surface area (Å²) in [5.41, 5.74) is 1.23. The van der Waals surface area contributed by atoms with Gasteiger partial charge < -0.3 is 19.4 Å². The molecular weight excluding hydrogens is 393 g/mol. The largest absolute Gasteiger partial charge is 0.353 e. The smallest absolute Gasteiger partial charge is 0.194 e. The van der Waals surface area contributed by atoms with Gasteiger partial charge in [0.25, 0.3) is 0 Å². The highest BCUT2D eigenvalue weighted by Crippen LogP contribution is 2.04. The maximum Gasteiger partial charge on any atom is 0.194 e. The van der Waals surface area contributed by atoms with Gasteiger partial charge in [-0.2, -0.15) is 0 Å². The number of hydrogen-bond acceptors (Lipinski definition) is 3. The maximum absolute atomic E-state index is 4.31. The topological polar surface area (TPSA) is 63.3 Å². The van der Waals surface area contributed by atoms with E-state index in [-0.39, 0.29) is 24.0 Å². The van der Waals surface area contributed by atoms with Crippen LogP contribution in [0.4, 0.5) is 0 Å². The van der Waals surface area contributed by atoms with E-state index in [9.17, 15) is 0 Å². The van der Waals surface area contributed by atoms with Crippen LogP contribution in [0.15, 0.2) is 23.3 Å². The first-order valence-electron chi connectivity index (χ1n) is 6.89. The number of rotatable bonds is 4. The Kier molecular flexibility index (Phi) is 6.85. The highest BCUT2D eigenvalue weighted by Gasteiger charge is 2.10. The number of hydrogen-bond donors (Lipinski definition) is 1. The van der Waals surface area contributed by atoms with Gasteiger partial charge in [-0.25, -0.2) is 0 Å². The zero-order valence-corrected chi connectivity index (χ0v) is 16.1. The van der Waals surface area contributed by atoms with Gasteiger partial charge >= 0.3 is 0 Å². The fraction of sp³-hybridized carbons (Fsp3) is 0.500. The number of aliphatic imine (C=N–C) groups is 1. The van der Waals surface area contributed by atoms with Crippen molar-refractivity contribution in [3.63, 3.8) is 0 Å². The van der Waals surface area contributed by atoms with Gasteiger partial charge in [-0.3, -0.25) is 4.99 Å². The molecule has 8 heteroatoms. The van der Waals surface area contributed by atoms with Crippen LogP contribution >= 0.6 is 24.0 Å². The number of guanidine groups is 1. The summed E-state index contributed by atoms with van der Waals surface area (Å²) >= 11 is 0. The lowest BCUT2D eigenvalue weighted by Crippen LogP contribution is -2.38. The summed E-state index contributed by atoms with van der Waals surface area (Å²) in [7, 11) is 7.81. The molecule has 1 N–H and O–H groups in total. The fourth-order valence-electron chi connectivity index (χ4n) is 2.13. The zero-order valence-electron chi connectivity index (χ0n) is 13.7. The Labute approximate surface area is 148 Å². The summed E-state index contributed by atoms with van der Waals surface area (Å²) in [5.74, 6) is 2.62. The normalized spacial score (nSPS) is 11.2. The molecule has 0 unspecified atom stereocenters. The van der Waals surface area contributed by atoms with Crippen molar-refractivity contribution >= 4 is 29.9 Å². The fourth-order valence-corrected chi connectivity index (χ4v) is 2.13. The molecule has 7 nitrogen and oxygen atoms in total. The van der Waals surface area contributed by atoms with Gasteiger partial charge in [-0.1, -0.05) is 0 Å². The molecule has 0 aliphatic carbocycles. The SMILES string of the molecule is CN=C(NCc1nnc(C)n1C)N(C)Cc1cccn1C.I. The van der Waals surface area contributed by atoms with Gasteiger partial charge in [0.05, 0.1) is 13.1 Å². The molecule has 0 bridgehead atoms. The molecule has 2 aromatic rings. The lowest BCUT2D eigenvalue weighted by molar-refractivity contribution is 0.460. The summed E-state index contributed by atoms with van der Waals surface area (Å²) in [6.07, 6.45) is 2.04. The minimum absolute atomic E-state index is 0. The highest BCUT2D eigenvalue weighted by atomic mass is 127. The Morgan fingerprint density at radius 2 is 2.09 bits per heavy atom. The second kappa shape index (κ2) is 8.16. The van der Waals surface area contributed by atoms with Crippen LogP contribution in [0.25, 0.3) is 0 Å². The Morgan fingerprint density at radius 1 is 1.36 bits per heavy atom. The average Bonchev–Trinajstić information content (AvgIpc) is 3.00. The molecule has 2 rings (SSSR count). The van der Waals surface area contributed by atoms with Crippen LogP contribution in [0.2, 0.25) is 0 Å². The number of nitrogens with zero attached hydrogens (tertiary/aromatic N) is 6. The van der Waals surface area contributed by atoms with Crippen LogP contribution in [0.1, 0.15) is 17.3 Å². The van der Waals surface area contributed by atoms with Gasteiger partial charge in [0, 0.05) is 40.1 Å². The molecule has 22 heavy (non-hydrogen) atoms. The lowest BCUT2D eigenvalue weighted by Gasteiger charge is -2.22. The molecule has 0 saturated carbocycles. The van der Waals surface area contributed by atoms with Crippen molar-refractivity contribution < 1.29 is 0 Å². The van der Waals surface area contributed by atoms with Crippen LogP contribution in [0.3, 0.4) is 0 Å². The number of aromatic nitrogens is 4. The average molecular weight is 417 g/mol. The molecule has 0 atom stereocenters. The van der Waals surface area contributed by atoms with Crippen molar-refractivity contribution in [1.82, 2.24) is 29.5 Å². The van der Waals surface area contributed by atoms with E-state index in [0.29, 0.717) is 6.54 Å². The van der Waals surface area contributed by atoms with Crippen molar-refractivity contribution in [3.8, 4) is 0 Å². The van der Waals surface area contributed by atoms with Crippen molar-refractivity contribution in [1.29, 1.82) is 0 Å². The molecule has 0 aliphatic heterocycles. The van der Waals surface area contributed by atoms with Crippen LogP contribution in [-0.2, 0) is 27.2 Å². The summed E-state index contributed by atoms with van der Waals surface area (Å²) in [6, 6.07) is 4.15. The van der Waals surface area contributed by atoms with Gasteiger partial charge in [-0.05, 0) is 19.1 Å². The first-order chi connectivity index (χ1) is 10.0. The van der Waals surface area contributed by atoms with Crippen LogP contribution in [0.5, 0.6) is 0 Å². The van der Waals surface area contributed by atoms with Gasteiger partial charge in [0.2, 0.25) is 0 Å². The molecule has 122 valence electrons. The van der Waals surface area contributed by atoms with E-state index in [0.717, 1.165) is 24.2 Å². The van der Waals surface area contributed by atoms with Crippen LogP contribution in [-0.4, -0.2) is 44.3 Å². The molecule has 0 radical (unpaired) electrons. The predicted octanol–water partition coefficient (Wildman–Crippen LogP) is 1.29. The first-order valence-corrected chi connectivity index (χ1v) is 6.89. The molecule has 0 aromatic carbocycles. The number of halogens is 1. The number of nitrogens with one attached hydrogen (secondary N) is 1. The lowest BCUT2D eigenvalue weighted by atomic mass is 10.4. The van der Waals surface area contributed by atoms with E-state index in [4.69, 9.17) is 0 Å². The first kappa shape index (κ1) is 18.5. The number of aryl methyl sites for hydroxylation is 2. The zero-order chi connectivity index (χ0) is 15.4. The monoisotopic (exact) mass is 417 g/mol. The Hall–Kier alpha value is -1.58. The molecular formula is C14H24IN7. The second-order valence-corrected chi connectivity index (χ2v) is 5.09. The van der Waals surface area contributed by atoms with E-state index < -0.39 is 0 Å². The molecule has 0 aliphatic rings. The van der Waals surface area contributed by atoms with Crippen molar-refractivity contribution in [2.24, 2.45) is 19.1 Å². The minimum Gasteiger partial charge on any atom is -0.353 e. The standard InChI is InChI=1S/C14H23N7.HI/c1-11-17-18-13(21(11)5)9-16-14(15-2)20(4)10-12-7-6-8-19(12)3;/h6-8H,9-10H2,1-5H3,(H,15,16);1H. The van der Waals surface area contributed by atoms with Gasteiger partial charge in [0.1, 0.15) is 5.82 Å². The minimum atomic E-state index is 0. The van der Waals surface area contributed by atoms with Crippen LogP contribution < -0.4 is 5.32 Å². The third kappa shape index (κ3) is 4.21.